The minimum atomic E-state index is -0.651. The fourth-order valence-electron chi connectivity index (χ4n) is 1.61. The van der Waals surface area contributed by atoms with Crippen LogP contribution in [0.4, 0.5) is 11.5 Å². The molecule has 0 aliphatic heterocycles. The lowest BCUT2D eigenvalue weighted by atomic mass is 10.2. The number of rotatable bonds is 3. The molecule has 8 nitrogen and oxygen atoms in total. The number of para-hydroxylation sites is 2. The van der Waals surface area contributed by atoms with Crippen LogP contribution in [0, 0.1) is 10.1 Å². The van der Waals surface area contributed by atoms with Crippen molar-refractivity contribution in [3.63, 3.8) is 0 Å². The smallest absolute Gasteiger partial charge is 0.343 e. The molecule has 0 amide bonds. The minimum Gasteiger partial charge on any atom is -0.465 e. The summed E-state index contributed by atoms with van der Waals surface area (Å²) in [6.07, 6.45) is 1.21. The van der Waals surface area contributed by atoms with Crippen LogP contribution in [0.5, 0.6) is 0 Å². The molecule has 2 N–H and O–H groups in total. The number of nitrogens with zero attached hydrogens (tertiary/aromatic N) is 3. The first-order chi connectivity index (χ1) is 9.06. The highest BCUT2D eigenvalue weighted by Crippen LogP contribution is 2.25. The third kappa shape index (κ3) is 2.10. The van der Waals surface area contributed by atoms with E-state index in [1.54, 1.807) is 6.07 Å². The van der Waals surface area contributed by atoms with Gasteiger partial charge in [0.1, 0.15) is 17.1 Å². The van der Waals surface area contributed by atoms with Gasteiger partial charge in [0.25, 0.3) is 5.69 Å². The second kappa shape index (κ2) is 4.77. The van der Waals surface area contributed by atoms with Gasteiger partial charge in [0.05, 0.1) is 18.2 Å². The van der Waals surface area contributed by atoms with Gasteiger partial charge in [-0.25, -0.2) is 9.48 Å². The van der Waals surface area contributed by atoms with Crippen molar-refractivity contribution in [2.45, 2.75) is 0 Å². The highest BCUT2D eigenvalue weighted by atomic mass is 16.6. The normalized spacial score (nSPS) is 10.2. The van der Waals surface area contributed by atoms with E-state index in [0.29, 0.717) is 0 Å². The Kier molecular flexibility index (Phi) is 3.15. The average Bonchev–Trinajstić information content (AvgIpc) is 2.79. The second-order valence-electron chi connectivity index (χ2n) is 3.59. The lowest BCUT2D eigenvalue weighted by Crippen LogP contribution is -2.08. The Balaban J connectivity index is 2.58. The maximum atomic E-state index is 11.4. The van der Waals surface area contributed by atoms with E-state index in [9.17, 15) is 14.9 Å². The molecule has 0 saturated heterocycles. The Morgan fingerprint density at radius 2 is 2.16 bits per heavy atom. The zero-order chi connectivity index (χ0) is 14.0. The van der Waals surface area contributed by atoms with Gasteiger partial charge in [-0.15, -0.1) is 0 Å². The maximum absolute atomic E-state index is 11.4. The predicted molar refractivity (Wildman–Crippen MR) is 66.0 cm³/mol. The van der Waals surface area contributed by atoms with Crippen LogP contribution in [0.15, 0.2) is 30.5 Å². The summed E-state index contributed by atoms with van der Waals surface area (Å²) in [5.41, 5.74) is 5.84. The molecule has 0 bridgehead atoms. The van der Waals surface area contributed by atoms with Gasteiger partial charge in [-0.3, -0.25) is 10.1 Å². The van der Waals surface area contributed by atoms with Gasteiger partial charge >= 0.3 is 5.97 Å². The van der Waals surface area contributed by atoms with Crippen molar-refractivity contribution in [1.29, 1.82) is 0 Å². The average molecular weight is 262 g/mol. The quantitative estimate of drug-likeness (QED) is 0.504. The van der Waals surface area contributed by atoms with Gasteiger partial charge in [-0.05, 0) is 6.07 Å². The van der Waals surface area contributed by atoms with Crippen LogP contribution in [-0.4, -0.2) is 27.8 Å². The van der Waals surface area contributed by atoms with Crippen molar-refractivity contribution in [3.8, 4) is 5.69 Å². The number of ether oxygens (including phenoxy) is 1. The SMILES string of the molecule is COC(=O)c1cnn(-c2ccccc2[N+](=O)[O-])c1N. The van der Waals surface area contributed by atoms with Gasteiger partial charge in [0.15, 0.2) is 0 Å². The van der Waals surface area contributed by atoms with E-state index >= 15 is 0 Å². The molecule has 0 aliphatic rings. The monoisotopic (exact) mass is 262 g/mol. The molecule has 0 unspecified atom stereocenters. The van der Waals surface area contributed by atoms with Crippen LogP contribution < -0.4 is 5.73 Å². The molecule has 19 heavy (non-hydrogen) atoms. The molecular weight excluding hydrogens is 252 g/mol. The molecule has 98 valence electrons. The van der Waals surface area contributed by atoms with Crippen LogP contribution >= 0.6 is 0 Å². The Morgan fingerprint density at radius 1 is 1.47 bits per heavy atom. The molecule has 2 aromatic rings. The molecule has 1 aromatic carbocycles. The zero-order valence-electron chi connectivity index (χ0n) is 9.94. The van der Waals surface area contributed by atoms with Gasteiger partial charge in [0.2, 0.25) is 0 Å². The van der Waals surface area contributed by atoms with E-state index in [-0.39, 0.29) is 22.8 Å². The van der Waals surface area contributed by atoms with Gasteiger partial charge in [-0.2, -0.15) is 5.10 Å². The van der Waals surface area contributed by atoms with E-state index in [2.05, 4.69) is 9.84 Å². The third-order valence-corrected chi connectivity index (χ3v) is 2.52. The molecule has 0 aliphatic carbocycles. The van der Waals surface area contributed by atoms with Gasteiger partial charge < -0.3 is 10.5 Å². The minimum absolute atomic E-state index is 0.0128. The summed E-state index contributed by atoms with van der Waals surface area (Å²) in [5.74, 6) is -0.663. The summed E-state index contributed by atoms with van der Waals surface area (Å²) in [5, 5.41) is 14.8. The van der Waals surface area contributed by atoms with Gasteiger partial charge in [-0.1, -0.05) is 12.1 Å². The highest BCUT2D eigenvalue weighted by Gasteiger charge is 2.21. The first-order valence-electron chi connectivity index (χ1n) is 5.22. The number of nitro benzene ring substituents is 1. The summed E-state index contributed by atoms with van der Waals surface area (Å²) >= 11 is 0. The standard InChI is InChI=1S/C11H10N4O4/c1-19-11(16)7-6-13-14(10(7)12)8-4-2-3-5-9(8)15(17)18/h2-6H,12H2,1H3. The molecule has 0 atom stereocenters. The third-order valence-electron chi connectivity index (χ3n) is 2.52. The fourth-order valence-corrected chi connectivity index (χ4v) is 1.61. The molecule has 1 aromatic heterocycles. The number of carbonyl (C=O) groups excluding carboxylic acids is 1. The van der Waals surface area contributed by atoms with Crippen LogP contribution in [0.2, 0.25) is 0 Å². The maximum Gasteiger partial charge on any atom is 0.343 e. The molecule has 0 saturated carbocycles. The van der Waals surface area contributed by atoms with Crippen molar-refractivity contribution >= 4 is 17.5 Å². The summed E-state index contributed by atoms with van der Waals surface area (Å²) < 4.78 is 5.67. The van der Waals surface area contributed by atoms with E-state index in [0.717, 1.165) is 4.68 Å². The van der Waals surface area contributed by atoms with Crippen LogP contribution in [-0.2, 0) is 4.74 Å². The van der Waals surface area contributed by atoms with E-state index in [1.807, 2.05) is 0 Å². The summed E-state index contributed by atoms with van der Waals surface area (Å²) in [6.45, 7) is 0. The van der Waals surface area contributed by atoms with Crippen LogP contribution in [0.25, 0.3) is 5.69 Å². The van der Waals surface area contributed by atoms with Gasteiger partial charge in [0, 0.05) is 6.07 Å². The van der Waals surface area contributed by atoms with Crippen LogP contribution in [0.3, 0.4) is 0 Å². The topological polar surface area (TPSA) is 113 Å². The molecule has 0 radical (unpaired) electrons. The van der Waals surface area contributed by atoms with Crippen LogP contribution in [0.1, 0.15) is 10.4 Å². The number of hydrogen-bond donors (Lipinski definition) is 1. The summed E-state index contributed by atoms with van der Waals surface area (Å²) in [6, 6.07) is 5.96. The number of benzene rings is 1. The summed E-state index contributed by atoms with van der Waals surface area (Å²) in [4.78, 5) is 21.8. The summed E-state index contributed by atoms with van der Waals surface area (Å²) in [7, 11) is 1.21. The number of nitro groups is 1. The molecule has 0 spiro atoms. The predicted octanol–water partition coefficient (Wildman–Crippen LogP) is 1.15. The van der Waals surface area contributed by atoms with Crippen molar-refractivity contribution in [1.82, 2.24) is 9.78 Å². The van der Waals surface area contributed by atoms with E-state index < -0.39 is 10.9 Å². The lowest BCUT2D eigenvalue weighted by Gasteiger charge is -2.05. The number of esters is 1. The number of anilines is 1. The number of nitrogens with two attached hydrogens (primary N) is 1. The number of hydrogen-bond acceptors (Lipinski definition) is 6. The Morgan fingerprint density at radius 3 is 2.79 bits per heavy atom. The largest absolute Gasteiger partial charge is 0.465 e. The lowest BCUT2D eigenvalue weighted by molar-refractivity contribution is -0.384. The molecule has 1 heterocycles. The van der Waals surface area contributed by atoms with E-state index in [4.69, 9.17) is 5.73 Å². The number of nitrogen functional groups attached to an aromatic ring is 1. The highest BCUT2D eigenvalue weighted by molar-refractivity contribution is 5.94. The first kappa shape index (κ1) is 12.6. The zero-order valence-corrected chi connectivity index (χ0v) is 9.94. The number of aromatic nitrogens is 2. The Labute approximate surface area is 107 Å². The van der Waals surface area contributed by atoms with Crippen molar-refractivity contribution in [2.24, 2.45) is 0 Å². The van der Waals surface area contributed by atoms with Crippen molar-refractivity contribution < 1.29 is 14.5 Å². The van der Waals surface area contributed by atoms with Crippen molar-refractivity contribution in [2.75, 3.05) is 12.8 Å². The molecular formula is C11H10N4O4. The Bertz CT molecular complexity index is 650. The second-order valence-corrected chi connectivity index (χ2v) is 3.59. The molecule has 2 rings (SSSR count). The fraction of sp³-hybridized carbons (Fsp3) is 0.0909. The molecule has 8 heteroatoms. The van der Waals surface area contributed by atoms with E-state index in [1.165, 1.54) is 31.5 Å². The molecule has 0 fully saturated rings. The Hall–Kier alpha value is -2.90. The first-order valence-corrected chi connectivity index (χ1v) is 5.22. The van der Waals surface area contributed by atoms with Crippen molar-refractivity contribution in [3.05, 3.63) is 46.1 Å². The number of methoxy groups -OCH3 is 1. The number of carbonyl (C=O) groups is 1.